The van der Waals surface area contributed by atoms with Gasteiger partial charge in [-0.25, -0.2) is 4.79 Å². The fourth-order valence-corrected chi connectivity index (χ4v) is 4.21. The predicted octanol–water partition coefficient (Wildman–Crippen LogP) is 4.41. The zero-order valence-corrected chi connectivity index (χ0v) is 21.4. The topological polar surface area (TPSA) is 91.6 Å². The Morgan fingerprint density at radius 3 is 2.23 bits per heavy atom. The van der Waals surface area contributed by atoms with Crippen molar-refractivity contribution in [3.8, 4) is 11.1 Å². The van der Waals surface area contributed by atoms with Crippen LogP contribution >= 0.6 is 0 Å². The summed E-state index contributed by atoms with van der Waals surface area (Å²) < 4.78 is 33.5. The van der Waals surface area contributed by atoms with Gasteiger partial charge in [-0.3, -0.25) is 4.72 Å². The van der Waals surface area contributed by atoms with Gasteiger partial charge in [0.15, 0.2) is 0 Å². The molecule has 0 aliphatic rings. The third-order valence-corrected chi connectivity index (χ3v) is 6.88. The number of nitrogens with one attached hydrogen (secondary N) is 2. The van der Waals surface area contributed by atoms with Gasteiger partial charge in [0.1, 0.15) is 5.58 Å². The van der Waals surface area contributed by atoms with Crippen LogP contribution in [0.2, 0.25) is 0 Å². The van der Waals surface area contributed by atoms with Crippen molar-refractivity contribution in [2.24, 2.45) is 0 Å². The van der Waals surface area contributed by atoms with E-state index in [-0.39, 0.29) is 5.63 Å². The highest BCUT2D eigenvalue weighted by atomic mass is 32.2. The average Bonchev–Trinajstić information content (AvgIpc) is 2.82. The maximum atomic E-state index is 12.8. The second-order valence-electron chi connectivity index (χ2n) is 8.34. The van der Waals surface area contributed by atoms with Crippen LogP contribution in [-0.4, -0.2) is 40.9 Å². The second kappa shape index (κ2) is 11.3. The Balaban J connectivity index is 0.00000108. The lowest BCUT2D eigenvalue weighted by molar-refractivity contribution is 0.527. The Morgan fingerprint density at radius 2 is 1.57 bits per heavy atom. The molecule has 0 spiro atoms. The van der Waals surface area contributed by atoms with E-state index in [9.17, 15) is 13.2 Å². The Hall–Kier alpha value is -3.46. The molecule has 0 saturated heterocycles. The van der Waals surface area contributed by atoms with Crippen LogP contribution < -0.4 is 15.7 Å². The molecular weight excluding hydrogens is 462 g/mol. The lowest BCUT2D eigenvalue weighted by Crippen LogP contribution is -2.28. The molecule has 4 aromatic rings. The minimum Gasteiger partial charge on any atom is -0.422 e. The first kappa shape index (κ1) is 26.2. The Morgan fingerprint density at radius 1 is 0.886 bits per heavy atom. The molecule has 8 heteroatoms. The molecule has 1 aromatic heterocycles. The van der Waals surface area contributed by atoms with E-state index < -0.39 is 10.2 Å². The SMILES string of the molecule is CNC.Cc1c(Cc2cccc(NS(=O)(=O)N(C)C)c2)c(=O)oc2cc(-c3ccccc3)ccc12. The lowest BCUT2D eigenvalue weighted by Gasteiger charge is -2.14. The Kier molecular flexibility index (Phi) is 8.45. The van der Waals surface area contributed by atoms with Gasteiger partial charge in [0.25, 0.3) is 0 Å². The van der Waals surface area contributed by atoms with Crippen LogP contribution in [0.4, 0.5) is 5.69 Å². The minimum absolute atomic E-state index is 0.335. The number of benzene rings is 3. The molecule has 3 aromatic carbocycles. The number of anilines is 1. The van der Waals surface area contributed by atoms with Gasteiger partial charge in [0.2, 0.25) is 0 Å². The molecule has 0 unspecified atom stereocenters. The van der Waals surface area contributed by atoms with Crippen LogP contribution in [0, 0.1) is 6.92 Å². The smallest absolute Gasteiger partial charge is 0.340 e. The van der Waals surface area contributed by atoms with Gasteiger partial charge in [-0.15, -0.1) is 0 Å². The second-order valence-corrected chi connectivity index (χ2v) is 10.2. The molecule has 0 saturated carbocycles. The summed E-state index contributed by atoms with van der Waals surface area (Å²) in [6, 6.07) is 22.8. The van der Waals surface area contributed by atoms with Gasteiger partial charge in [-0.05, 0) is 61.5 Å². The van der Waals surface area contributed by atoms with Gasteiger partial charge >= 0.3 is 15.8 Å². The maximum absolute atomic E-state index is 12.8. The minimum atomic E-state index is -3.61. The summed E-state index contributed by atoms with van der Waals surface area (Å²) in [6.07, 6.45) is 0.335. The number of nitrogens with zero attached hydrogens (tertiary/aromatic N) is 1. The number of fused-ring (bicyclic) bond motifs is 1. The van der Waals surface area contributed by atoms with Gasteiger partial charge in [-0.1, -0.05) is 54.6 Å². The Labute approximate surface area is 206 Å². The van der Waals surface area contributed by atoms with Crippen molar-refractivity contribution in [2.45, 2.75) is 13.3 Å². The van der Waals surface area contributed by atoms with Crippen molar-refractivity contribution in [2.75, 3.05) is 32.9 Å². The van der Waals surface area contributed by atoms with Crippen molar-refractivity contribution in [1.29, 1.82) is 0 Å². The highest BCUT2D eigenvalue weighted by molar-refractivity contribution is 7.90. The molecule has 0 fully saturated rings. The van der Waals surface area contributed by atoms with Gasteiger partial charge < -0.3 is 9.73 Å². The summed E-state index contributed by atoms with van der Waals surface area (Å²) in [5.41, 5.74) is 4.84. The number of aryl methyl sites for hydroxylation is 1. The fourth-order valence-electron chi connectivity index (χ4n) is 3.60. The highest BCUT2D eigenvalue weighted by Crippen LogP contribution is 2.27. The summed E-state index contributed by atoms with van der Waals surface area (Å²) in [5.74, 6) is 0. The zero-order valence-electron chi connectivity index (χ0n) is 20.6. The van der Waals surface area contributed by atoms with E-state index in [1.54, 1.807) is 18.2 Å². The van der Waals surface area contributed by atoms with Crippen LogP contribution in [0.25, 0.3) is 22.1 Å². The van der Waals surface area contributed by atoms with Gasteiger partial charge in [-0.2, -0.15) is 12.7 Å². The first-order valence-corrected chi connectivity index (χ1v) is 12.6. The largest absolute Gasteiger partial charge is 0.422 e. The van der Waals surface area contributed by atoms with Crippen LogP contribution in [0.1, 0.15) is 16.7 Å². The molecule has 0 atom stereocenters. The monoisotopic (exact) mass is 493 g/mol. The molecule has 0 aliphatic carbocycles. The summed E-state index contributed by atoms with van der Waals surface area (Å²) in [6.45, 7) is 1.91. The molecule has 7 nitrogen and oxygen atoms in total. The average molecular weight is 494 g/mol. The van der Waals surface area contributed by atoms with Crippen LogP contribution in [0.3, 0.4) is 0 Å². The third kappa shape index (κ3) is 6.36. The lowest BCUT2D eigenvalue weighted by atomic mass is 9.97. The van der Waals surface area contributed by atoms with E-state index in [2.05, 4.69) is 10.0 Å². The van der Waals surface area contributed by atoms with E-state index >= 15 is 0 Å². The third-order valence-electron chi connectivity index (χ3n) is 5.43. The first-order valence-electron chi connectivity index (χ1n) is 11.2. The van der Waals surface area contributed by atoms with Crippen molar-refractivity contribution >= 4 is 26.9 Å². The van der Waals surface area contributed by atoms with Crippen molar-refractivity contribution in [3.05, 3.63) is 99.9 Å². The molecule has 4 rings (SSSR count). The summed E-state index contributed by atoms with van der Waals surface area (Å²) in [5, 5.41) is 3.63. The fraction of sp³-hybridized carbons (Fsp3) is 0.222. The molecule has 0 radical (unpaired) electrons. The van der Waals surface area contributed by atoms with Gasteiger partial charge in [0.05, 0.1) is 5.69 Å². The van der Waals surface area contributed by atoms with Crippen molar-refractivity contribution in [3.63, 3.8) is 0 Å². The standard InChI is InChI=1S/C25H24N2O4S.C2H7N/c1-17-22-13-12-20(19-9-5-4-6-10-19)16-24(22)31-25(28)23(17)15-18-8-7-11-21(14-18)26-32(29,30)27(2)3;1-3-2/h4-14,16,26H,15H2,1-3H3;3H,1-2H3. The molecule has 0 bridgehead atoms. The molecule has 0 aliphatic heterocycles. The highest BCUT2D eigenvalue weighted by Gasteiger charge is 2.15. The van der Waals surface area contributed by atoms with E-state index in [0.717, 1.165) is 31.9 Å². The summed E-state index contributed by atoms with van der Waals surface area (Å²) >= 11 is 0. The normalized spacial score (nSPS) is 11.3. The van der Waals surface area contributed by atoms with E-state index in [1.807, 2.05) is 75.6 Å². The van der Waals surface area contributed by atoms with Crippen molar-refractivity contribution < 1.29 is 12.8 Å². The summed E-state index contributed by atoms with van der Waals surface area (Å²) in [4.78, 5) is 12.8. The quantitative estimate of drug-likeness (QED) is 0.388. The molecular formula is C27H31N3O4S. The molecule has 2 N–H and O–H groups in total. The van der Waals surface area contributed by atoms with Gasteiger partial charge in [0, 0.05) is 31.5 Å². The molecule has 1 heterocycles. The molecule has 35 heavy (non-hydrogen) atoms. The number of hydrogen-bond acceptors (Lipinski definition) is 5. The van der Waals surface area contributed by atoms with Crippen LogP contribution in [0.5, 0.6) is 0 Å². The van der Waals surface area contributed by atoms with E-state index in [1.165, 1.54) is 14.1 Å². The predicted molar refractivity (Wildman–Crippen MR) is 143 cm³/mol. The van der Waals surface area contributed by atoms with Crippen molar-refractivity contribution in [1.82, 2.24) is 9.62 Å². The first-order chi connectivity index (χ1) is 16.7. The number of rotatable bonds is 6. The van der Waals surface area contributed by atoms with Crippen LogP contribution in [0.15, 0.2) is 82.0 Å². The zero-order chi connectivity index (χ0) is 25.6. The Bertz CT molecular complexity index is 1460. The summed E-state index contributed by atoms with van der Waals surface area (Å²) in [7, 11) is 3.05. The molecule has 184 valence electrons. The van der Waals surface area contributed by atoms with E-state index in [0.29, 0.717) is 23.3 Å². The number of hydrogen-bond donors (Lipinski definition) is 2. The molecule has 0 amide bonds. The van der Waals surface area contributed by atoms with Crippen LogP contribution in [-0.2, 0) is 16.6 Å². The maximum Gasteiger partial charge on any atom is 0.340 e. The van der Waals surface area contributed by atoms with E-state index in [4.69, 9.17) is 4.42 Å².